The van der Waals surface area contributed by atoms with Gasteiger partial charge in [0.15, 0.2) is 5.78 Å². The fourth-order valence-corrected chi connectivity index (χ4v) is 3.51. The first kappa shape index (κ1) is 15.7. The molecule has 0 spiro atoms. The third-order valence-electron chi connectivity index (χ3n) is 4.85. The molecule has 1 aliphatic carbocycles. The number of carbonyl (C=O) groups excluding carboxylic acids is 3. The maximum absolute atomic E-state index is 12.4. The molecule has 122 valence electrons. The largest absolute Gasteiger partial charge is 0.339 e. The van der Waals surface area contributed by atoms with E-state index in [1.165, 1.54) is 19.8 Å². The number of nitrogens with one attached hydrogen (secondary N) is 1. The first-order valence-corrected chi connectivity index (χ1v) is 8.26. The van der Waals surface area contributed by atoms with Crippen molar-refractivity contribution in [3.05, 3.63) is 29.8 Å². The third-order valence-corrected chi connectivity index (χ3v) is 4.85. The number of hydrogen-bond acceptors (Lipinski definition) is 3. The van der Waals surface area contributed by atoms with Crippen molar-refractivity contribution in [2.75, 3.05) is 11.9 Å². The average molecular weight is 314 g/mol. The van der Waals surface area contributed by atoms with Crippen molar-refractivity contribution in [1.29, 1.82) is 0 Å². The van der Waals surface area contributed by atoms with Gasteiger partial charge in [0.05, 0.1) is 5.92 Å². The molecule has 2 fully saturated rings. The van der Waals surface area contributed by atoms with Gasteiger partial charge in [0.2, 0.25) is 11.8 Å². The Morgan fingerprint density at radius 1 is 1.13 bits per heavy atom. The summed E-state index contributed by atoms with van der Waals surface area (Å²) in [7, 11) is 0. The fourth-order valence-electron chi connectivity index (χ4n) is 3.51. The number of rotatable bonds is 4. The molecule has 0 bridgehead atoms. The van der Waals surface area contributed by atoms with Crippen LogP contribution in [0.5, 0.6) is 0 Å². The summed E-state index contributed by atoms with van der Waals surface area (Å²) in [6.07, 6.45) is 4.77. The Morgan fingerprint density at radius 2 is 1.78 bits per heavy atom. The highest BCUT2D eigenvalue weighted by Crippen LogP contribution is 2.30. The van der Waals surface area contributed by atoms with Gasteiger partial charge in [-0.25, -0.2) is 0 Å². The number of Topliss-reactive ketones (excluding diaryl/α,β-unsaturated/α-hetero) is 1. The van der Waals surface area contributed by atoms with E-state index in [0.717, 1.165) is 12.8 Å². The van der Waals surface area contributed by atoms with Crippen molar-refractivity contribution < 1.29 is 14.4 Å². The van der Waals surface area contributed by atoms with Gasteiger partial charge >= 0.3 is 0 Å². The molecule has 1 heterocycles. The highest BCUT2D eigenvalue weighted by atomic mass is 16.2. The van der Waals surface area contributed by atoms with Crippen LogP contribution in [0, 0.1) is 5.92 Å². The van der Waals surface area contributed by atoms with Crippen LogP contribution in [0.4, 0.5) is 5.69 Å². The van der Waals surface area contributed by atoms with Gasteiger partial charge in [-0.3, -0.25) is 14.4 Å². The van der Waals surface area contributed by atoms with E-state index >= 15 is 0 Å². The van der Waals surface area contributed by atoms with E-state index < -0.39 is 0 Å². The highest BCUT2D eigenvalue weighted by molar-refractivity contribution is 5.98. The second-order valence-corrected chi connectivity index (χ2v) is 6.51. The van der Waals surface area contributed by atoms with E-state index in [2.05, 4.69) is 5.32 Å². The topological polar surface area (TPSA) is 66.5 Å². The summed E-state index contributed by atoms with van der Waals surface area (Å²) in [5.74, 6) is -0.301. The molecule has 0 radical (unpaired) electrons. The molecule has 1 aliphatic heterocycles. The Kier molecular flexibility index (Phi) is 4.46. The van der Waals surface area contributed by atoms with E-state index in [4.69, 9.17) is 0 Å². The zero-order valence-corrected chi connectivity index (χ0v) is 13.4. The number of anilines is 1. The quantitative estimate of drug-likeness (QED) is 0.869. The number of likely N-dealkylation sites (tertiary alicyclic amines) is 1. The summed E-state index contributed by atoms with van der Waals surface area (Å²) in [6, 6.07) is 7.17. The van der Waals surface area contributed by atoms with E-state index in [0.29, 0.717) is 30.3 Å². The van der Waals surface area contributed by atoms with Gasteiger partial charge < -0.3 is 10.2 Å². The van der Waals surface area contributed by atoms with Crippen molar-refractivity contribution in [2.45, 2.75) is 45.1 Å². The molecule has 1 aromatic rings. The minimum absolute atomic E-state index is 0.00327. The third kappa shape index (κ3) is 3.44. The number of carbonyl (C=O) groups is 3. The maximum Gasteiger partial charge on any atom is 0.229 e. The average Bonchev–Trinajstić information content (AvgIpc) is 3.16. The molecule has 3 rings (SSSR count). The molecule has 0 aromatic heterocycles. The smallest absolute Gasteiger partial charge is 0.229 e. The minimum Gasteiger partial charge on any atom is -0.339 e. The van der Waals surface area contributed by atoms with Crippen LogP contribution >= 0.6 is 0 Å². The first-order chi connectivity index (χ1) is 11.0. The SMILES string of the molecule is CC(=O)c1ccc(NC(=O)[C@@H]2CC(=O)N(C3CCCC3)C2)cc1. The molecule has 1 saturated carbocycles. The molecular formula is C18H22N2O3. The molecule has 5 heteroatoms. The van der Waals surface area contributed by atoms with Crippen molar-refractivity contribution in [3.8, 4) is 0 Å². The molecule has 23 heavy (non-hydrogen) atoms. The Balaban J connectivity index is 1.60. The Morgan fingerprint density at radius 3 is 2.39 bits per heavy atom. The molecule has 1 saturated heterocycles. The maximum atomic E-state index is 12.4. The monoisotopic (exact) mass is 314 g/mol. The fraction of sp³-hybridized carbons (Fsp3) is 0.500. The Bertz CT molecular complexity index is 618. The zero-order chi connectivity index (χ0) is 16.4. The number of amides is 2. The Labute approximate surface area is 136 Å². The summed E-state index contributed by atoms with van der Waals surface area (Å²) in [6.45, 7) is 2.04. The predicted molar refractivity (Wildman–Crippen MR) is 87.2 cm³/mol. The van der Waals surface area contributed by atoms with Crippen LogP contribution in [0.25, 0.3) is 0 Å². The van der Waals surface area contributed by atoms with E-state index in [1.807, 2.05) is 4.90 Å². The van der Waals surface area contributed by atoms with Crippen LogP contribution in [0.15, 0.2) is 24.3 Å². The Hall–Kier alpha value is -2.17. The predicted octanol–water partition coefficient (Wildman–Crippen LogP) is 2.62. The summed E-state index contributed by atoms with van der Waals surface area (Å²) >= 11 is 0. The minimum atomic E-state index is -0.282. The molecule has 1 aromatic carbocycles. The van der Waals surface area contributed by atoms with Crippen molar-refractivity contribution >= 4 is 23.3 Å². The van der Waals surface area contributed by atoms with Crippen molar-refractivity contribution in [3.63, 3.8) is 0 Å². The lowest BCUT2D eigenvalue weighted by molar-refractivity contribution is -0.129. The van der Waals surface area contributed by atoms with Crippen LogP contribution in [0.3, 0.4) is 0 Å². The number of benzene rings is 1. The lowest BCUT2D eigenvalue weighted by Crippen LogP contribution is -2.35. The van der Waals surface area contributed by atoms with Gasteiger partial charge in [-0.1, -0.05) is 12.8 Å². The second kappa shape index (κ2) is 6.52. The number of hydrogen-bond donors (Lipinski definition) is 1. The first-order valence-electron chi connectivity index (χ1n) is 8.26. The van der Waals surface area contributed by atoms with Crippen LogP contribution in [0.1, 0.15) is 49.4 Å². The summed E-state index contributed by atoms with van der Waals surface area (Å²) in [5, 5.41) is 2.85. The number of nitrogens with zero attached hydrogens (tertiary/aromatic N) is 1. The molecule has 0 unspecified atom stereocenters. The van der Waals surface area contributed by atoms with E-state index in [1.54, 1.807) is 24.3 Å². The lowest BCUT2D eigenvalue weighted by atomic mass is 10.1. The van der Waals surface area contributed by atoms with Crippen LogP contribution in [-0.2, 0) is 9.59 Å². The molecule has 1 atom stereocenters. The summed E-state index contributed by atoms with van der Waals surface area (Å²) < 4.78 is 0. The van der Waals surface area contributed by atoms with Gasteiger partial charge in [0, 0.05) is 30.3 Å². The van der Waals surface area contributed by atoms with Crippen LogP contribution in [-0.4, -0.2) is 35.1 Å². The van der Waals surface area contributed by atoms with Gasteiger partial charge in [0.1, 0.15) is 0 Å². The van der Waals surface area contributed by atoms with Crippen molar-refractivity contribution in [2.24, 2.45) is 5.92 Å². The normalized spacial score (nSPS) is 21.7. The molecule has 5 nitrogen and oxygen atoms in total. The summed E-state index contributed by atoms with van der Waals surface area (Å²) in [4.78, 5) is 37.7. The second-order valence-electron chi connectivity index (χ2n) is 6.51. The van der Waals surface area contributed by atoms with Gasteiger partial charge in [-0.15, -0.1) is 0 Å². The van der Waals surface area contributed by atoms with Crippen molar-refractivity contribution in [1.82, 2.24) is 4.90 Å². The zero-order valence-electron chi connectivity index (χ0n) is 13.4. The standard InChI is InChI=1S/C18H22N2O3/c1-12(21)13-6-8-15(9-7-13)19-18(23)14-10-17(22)20(11-14)16-4-2-3-5-16/h6-9,14,16H,2-5,10-11H2,1H3,(H,19,23)/t14-/m1/s1. The summed E-state index contributed by atoms with van der Waals surface area (Å²) in [5.41, 5.74) is 1.28. The van der Waals surface area contributed by atoms with Gasteiger partial charge in [-0.05, 0) is 44.0 Å². The number of ketones is 1. The molecule has 2 amide bonds. The molecule has 2 aliphatic rings. The van der Waals surface area contributed by atoms with E-state index in [9.17, 15) is 14.4 Å². The van der Waals surface area contributed by atoms with Gasteiger partial charge in [-0.2, -0.15) is 0 Å². The molecular weight excluding hydrogens is 292 g/mol. The van der Waals surface area contributed by atoms with Crippen LogP contribution in [0.2, 0.25) is 0 Å². The van der Waals surface area contributed by atoms with Gasteiger partial charge in [0.25, 0.3) is 0 Å². The van der Waals surface area contributed by atoms with Crippen LogP contribution < -0.4 is 5.32 Å². The lowest BCUT2D eigenvalue weighted by Gasteiger charge is -2.23. The van der Waals surface area contributed by atoms with E-state index in [-0.39, 0.29) is 23.5 Å². The molecule has 1 N–H and O–H groups in total. The highest BCUT2D eigenvalue weighted by Gasteiger charge is 2.38.